The predicted octanol–water partition coefficient (Wildman–Crippen LogP) is 1.43. The summed E-state index contributed by atoms with van der Waals surface area (Å²) in [6.45, 7) is 9.76. The van der Waals surface area contributed by atoms with Crippen molar-refractivity contribution in [3.8, 4) is 0 Å². The monoisotopic (exact) mass is 420 g/mol. The fraction of sp³-hybridized carbons (Fsp3) is 0.733. The van der Waals surface area contributed by atoms with E-state index in [1.807, 2.05) is 31.0 Å². The molecule has 0 bridgehead atoms. The third kappa shape index (κ3) is 4.84. The Morgan fingerprint density at radius 3 is 2.68 bits per heavy atom. The van der Waals surface area contributed by atoms with Crippen molar-refractivity contribution >= 4 is 29.9 Å². The summed E-state index contributed by atoms with van der Waals surface area (Å²) in [5.41, 5.74) is 1.14. The maximum atomic E-state index is 4.33. The van der Waals surface area contributed by atoms with Crippen molar-refractivity contribution in [2.45, 2.75) is 39.4 Å². The molecule has 0 amide bonds. The molecular weight excluding hydrogens is 391 g/mol. The average Bonchev–Trinajstić information content (AvgIpc) is 3.01. The summed E-state index contributed by atoms with van der Waals surface area (Å²) in [7, 11) is 3.77. The van der Waals surface area contributed by atoms with Gasteiger partial charge in [-0.05, 0) is 25.8 Å². The van der Waals surface area contributed by atoms with E-state index in [-0.39, 0.29) is 24.0 Å². The van der Waals surface area contributed by atoms with E-state index in [0.717, 1.165) is 31.3 Å². The van der Waals surface area contributed by atoms with Gasteiger partial charge in [0.1, 0.15) is 0 Å². The number of halogens is 1. The summed E-state index contributed by atoms with van der Waals surface area (Å²) in [6, 6.07) is 3.06. The minimum absolute atomic E-state index is 0. The highest BCUT2D eigenvalue weighted by atomic mass is 127. The van der Waals surface area contributed by atoms with Gasteiger partial charge in [-0.1, -0.05) is 6.92 Å². The molecule has 2 atom stereocenters. The third-order valence-electron chi connectivity index (χ3n) is 4.28. The van der Waals surface area contributed by atoms with Crippen LogP contribution in [0.3, 0.4) is 0 Å². The molecule has 1 fully saturated rings. The number of aryl methyl sites for hydroxylation is 1. The third-order valence-corrected chi connectivity index (χ3v) is 4.28. The van der Waals surface area contributed by atoms with Crippen LogP contribution in [0, 0.1) is 5.92 Å². The summed E-state index contributed by atoms with van der Waals surface area (Å²) in [4.78, 5) is 6.84. The number of likely N-dealkylation sites (tertiary alicyclic amines) is 1. The summed E-state index contributed by atoms with van der Waals surface area (Å²) in [5, 5.41) is 11.1. The SMILES string of the molecule is CN=C(NCc1ccnn1C)NC1CN(C(C)C)CC1C.I. The summed E-state index contributed by atoms with van der Waals surface area (Å²) < 4.78 is 1.87. The Morgan fingerprint density at radius 1 is 1.45 bits per heavy atom. The van der Waals surface area contributed by atoms with Gasteiger partial charge in [-0.3, -0.25) is 14.6 Å². The van der Waals surface area contributed by atoms with E-state index in [0.29, 0.717) is 18.0 Å². The Morgan fingerprint density at radius 2 is 2.18 bits per heavy atom. The highest BCUT2D eigenvalue weighted by molar-refractivity contribution is 14.0. The molecule has 1 saturated heterocycles. The normalized spacial score (nSPS) is 22.7. The molecule has 2 rings (SSSR count). The number of rotatable bonds is 4. The van der Waals surface area contributed by atoms with Gasteiger partial charge in [0, 0.05) is 45.5 Å². The molecule has 0 aliphatic carbocycles. The minimum Gasteiger partial charge on any atom is -0.352 e. The van der Waals surface area contributed by atoms with E-state index in [1.165, 1.54) is 0 Å². The highest BCUT2D eigenvalue weighted by Crippen LogP contribution is 2.18. The van der Waals surface area contributed by atoms with Crippen molar-refractivity contribution in [1.29, 1.82) is 0 Å². The number of nitrogens with zero attached hydrogens (tertiary/aromatic N) is 4. The summed E-state index contributed by atoms with van der Waals surface area (Å²) in [6.07, 6.45) is 1.81. The number of aliphatic imine (C=N–C) groups is 1. The van der Waals surface area contributed by atoms with E-state index >= 15 is 0 Å². The Labute approximate surface area is 150 Å². The standard InChI is InChI=1S/C15H28N6.HI/c1-11(2)21-9-12(3)14(10-21)19-15(16-4)17-8-13-6-7-18-20(13)5;/h6-7,11-12,14H,8-10H2,1-5H3,(H2,16,17,19);1H. The summed E-state index contributed by atoms with van der Waals surface area (Å²) in [5.74, 6) is 1.49. The Kier molecular flexibility index (Phi) is 7.61. The van der Waals surface area contributed by atoms with E-state index in [1.54, 1.807) is 0 Å². The minimum atomic E-state index is 0. The van der Waals surface area contributed by atoms with Crippen LogP contribution in [0.5, 0.6) is 0 Å². The van der Waals surface area contributed by atoms with Crippen molar-refractivity contribution in [3.05, 3.63) is 18.0 Å². The van der Waals surface area contributed by atoms with E-state index < -0.39 is 0 Å². The van der Waals surface area contributed by atoms with Crippen molar-refractivity contribution in [2.75, 3.05) is 20.1 Å². The lowest BCUT2D eigenvalue weighted by Gasteiger charge is -2.22. The zero-order chi connectivity index (χ0) is 15.4. The summed E-state index contributed by atoms with van der Waals surface area (Å²) >= 11 is 0. The smallest absolute Gasteiger partial charge is 0.191 e. The number of aromatic nitrogens is 2. The largest absolute Gasteiger partial charge is 0.352 e. The molecule has 0 spiro atoms. The van der Waals surface area contributed by atoms with Crippen LogP contribution < -0.4 is 10.6 Å². The van der Waals surface area contributed by atoms with E-state index in [2.05, 4.69) is 46.4 Å². The molecule has 2 unspecified atom stereocenters. The molecule has 0 saturated carbocycles. The van der Waals surface area contributed by atoms with Crippen molar-refractivity contribution in [1.82, 2.24) is 25.3 Å². The molecule has 6 nitrogen and oxygen atoms in total. The molecule has 1 aliphatic heterocycles. The molecule has 1 aliphatic rings. The lowest BCUT2D eigenvalue weighted by molar-refractivity contribution is 0.265. The maximum Gasteiger partial charge on any atom is 0.191 e. The Bertz CT molecular complexity index is 484. The Balaban J connectivity index is 0.00000242. The quantitative estimate of drug-likeness (QED) is 0.440. The molecule has 0 radical (unpaired) electrons. The average molecular weight is 420 g/mol. The highest BCUT2D eigenvalue weighted by Gasteiger charge is 2.31. The Hall–Kier alpha value is -0.830. The van der Waals surface area contributed by atoms with E-state index in [4.69, 9.17) is 0 Å². The van der Waals surface area contributed by atoms with Crippen LogP contribution in [0.4, 0.5) is 0 Å². The lowest BCUT2D eigenvalue weighted by Crippen LogP contribution is -2.46. The number of hydrogen-bond acceptors (Lipinski definition) is 3. The molecule has 2 N–H and O–H groups in total. The molecule has 1 aromatic rings. The van der Waals surface area contributed by atoms with Crippen LogP contribution in [-0.4, -0.2) is 52.9 Å². The van der Waals surface area contributed by atoms with Gasteiger partial charge in [-0.2, -0.15) is 5.10 Å². The zero-order valence-electron chi connectivity index (χ0n) is 14.2. The van der Waals surface area contributed by atoms with Crippen molar-refractivity contribution in [2.24, 2.45) is 18.0 Å². The predicted molar refractivity (Wildman–Crippen MR) is 102 cm³/mol. The van der Waals surface area contributed by atoms with Crippen LogP contribution >= 0.6 is 24.0 Å². The van der Waals surface area contributed by atoms with Crippen LogP contribution in [0.1, 0.15) is 26.5 Å². The number of guanidine groups is 1. The number of hydrogen-bond donors (Lipinski definition) is 2. The van der Waals surface area contributed by atoms with Crippen LogP contribution in [-0.2, 0) is 13.6 Å². The van der Waals surface area contributed by atoms with Crippen molar-refractivity contribution < 1.29 is 0 Å². The second-order valence-corrected chi connectivity index (χ2v) is 6.15. The lowest BCUT2D eigenvalue weighted by atomic mass is 10.1. The molecule has 7 heteroatoms. The second-order valence-electron chi connectivity index (χ2n) is 6.15. The molecule has 126 valence electrons. The van der Waals surface area contributed by atoms with Gasteiger partial charge in [0.25, 0.3) is 0 Å². The van der Waals surface area contributed by atoms with Gasteiger partial charge < -0.3 is 10.6 Å². The first-order chi connectivity index (χ1) is 10.0. The fourth-order valence-electron chi connectivity index (χ4n) is 2.73. The van der Waals surface area contributed by atoms with Gasteiger partial charge in [0.05, 0.1) is 12.2 Å². The zero-order valence-corrected chi connectivity index (χ0v) is 16.5. The molecular formula is C15H29IN6. The van der Waals surface area contributed by atoms with Gasteiger partial charge in [0.2, 0.25) is 0 Å². The number of nitrogens with one attached hydrogen (secondary N) is 2. The first-order valence-corrected chi connectivity index (χ1v) is 7.69. The van der Waals surface area contributed by atoms with Crippen LogP contribution in [0.15, 0.2) is 17.3 Å². The topological polar surface area (TPSA) is 57.5 Å². The molecule has 0 aromatic carbocycles. The van der Waals surface area contributed by atoms with Crippen molar-refractivity contribution in [3.63, 3.8) is 0 Å². The van der Waals surface area contributed by atoms with Gasteiger partial charge in [-0.15, -0.1) is 24.0 Å². The molecule has 2 heterocycles. The van der Waals surface area contributed by atoms with E-state index in [9.17, 15) is 0 Å². The van der Waals surface area contributed by atoms with Gasteiger partial charge in [0.15, 0.2) is 5.96 Å². The molecule has 1 aromatic heterocycles. The second kappa shape index (κ2) is 8.71. The first kappa shape index (κ1) is 19.2. The molecule has 22 heavy (non-hydrogen) atoms. The fourth-order valence-corrected chi connectivity index (χ4v) is 2.73. The van der Waals surface area contributed by atoms with Crippen LogP contribution in [0.25, 0.3) is 0 Å². The van der Waals surface area contributed by atoms with Gasteiger partial charge >= 0.3 is 0 Å². The van der Waals surface area contributed by atoms with Gasteiger partial charge in [-0.25, -0.2) is 0 Å². The van der Waals surface area contributed by atoms with Crippen LogP contribution in [0.2, 0.25) is 0 Å². The maximum absolute atomic E-state index is 4.33. The first-order valence-electron chi connectivity index (χ1n) is 7.69.